The molecule has 0 aromatic heterocycles. The van der Waals surface area contributed by atoms with Gasteiger partial charge in [0.05, 0.1) is 7.11 Å². The van der Waals surface area contributed by atoms with Crippen molar-refractivity contribution >= 4 is 23.2 Å². The summed E-state index contributed by atoms with van der Waals surface area (Å²) in [6, 6.07) is 27.9. The minimum Gasteiger partial charge on any atom is -0.497 e. The molecule has 6 rings (SSSR count). The Kier molecular flexibility index (Phi) is 5.15. The lowest BCUT2D eigenvalue weighted by atomic mass is 9.81. The molecule has 0 N–H and O–H groups in total. The maximum absolute atomic E-state index is 13.3. The van der Waals surface area contributed by atoms with Gasteiger partial charge in [-0.1, -0.05) is 48.5 Å². The summed E-state index contributed by atoms with van der Waals surface area (Å²) in [5.74, 6) is 0.675. The average Bonchev–Trinajstić information content (AvgIpc) is 2.93. The summed E-state index contributed by atoms with van der Waals surface area (Å²) in [6.07, 6.45) is -0.783. The van der Waals surface area contributed by atoms with E-state index >= 15 is 0 Å². The quantitative estimate of drug-likeness (QED) is 0.334. The number of fused-ring (bicyclic) bond motifs is 2. The number of hydrogen-bond donors (Lipinski definition) is 0. The minimum atomic E-state index is -0.783. The van der Waals surface area contributed by atoms with Gasteiger partial charge in [0, 0.05) is 27.9 Å². The lowest BCUT2D eigenvalue weighted by molar-refractivity contribution is -0.135. The Morgan fingerprint density at radius 1 is 0.639 bits per heavy atom. The van der Waals surface area contributed by atoms with Crippen LogP contribution in [-0.2, 0) is 4.79 Å². The second-order valence-electron chi connectivity index (χ2n) is 8.71. The van der Waals surface area contributed by atoms with E-state index in [0.717, 1.165) is 0 Å². The number of methoxy groups -OCH3 is 1. The Balaban J connectivity index is 1.42. The van der Waals surface area contributed by atoms with Crippen LogP contribution < -0.4 is 14.4 Å². The van der Waals surface area contributed by atoms with Crippen molar-refractivity contribution in [2.75, 3.05) is 12.0 Å². The van der Waals surface area contributed by atoms with Gasteiger partial charge in [0.25, 0.3) is 5.91 Å². The van der Waals surface area contributed by atoms with E-state index in [1.807, 2.05) is 30.3 Å². The van der Waals surface area contributed by atoms with Gasteiger partial charge in [-0.3, -0.25) is 19.3 Å². The smallest absolute Gasteiger partial charge is 0.271 e. The highest BCUT2D eigenvalue weighted by Gasteiger charge is 2.51. The van der Waals surface area contributed by atoms with Crippen LogP contribution >= 0.6 is 0 Å². The zero-order valence-electron chi connectivity index (χ0n) is 19.4. The molecule has 2 aliphatic rings. The molecule has 1 aliphatic carbocycles. The molecule has 1 saturated heterocycles. The molecular weight excluding hydrogens is 454 g/mol. The molecule has 1 aliphatic heterocycles. The molecular formula is C30H21NO5. The first-order chi connectivity index (χ1) is 17.6. The summed E-state index contributed by atoms with van der Waals surface area (Å²) in [5.41, 5.74) is 2.90. The predicted molar refractivity (Wildman–Crippen MR) is 134 cm³/mol. The molecule has 1 amide bonds. The minimum absolute atomic E-state index is 0.180. The first-order valence-electron chi connectivity index (χ1n) is 11.6. The number of β-lactam (4-membered cyclic amide) rings is 1. The Labute approximate surface area is 207 Å². The van der Waals surface area contributed by atoms with Gasteiger partial charge in [-0.05, 0) is 54.1 Å². The molecule has 36 heavy (non-hydrogen) atoms. The van der Waals surface area contributed by atoms with Gasteiger partial charge in [-0.25, -0.2) is 0 Å². The Morgan fingerprint density at radius 3 is 1.92 bits per heavy atom. The first kappa shape index (κ1) is 21.8. The fourth-order valence-corrected chi connectivity index (χ4v) is 4.88. The van der Waals surface area contributed by atoms with Crippen molar-refractivity contribution in [3.05, 3.63) is 125 Å². The Hall–Kier alpha value is -4.71. The third-order valence-electron chi connectivity index (χ3n) is 6.69. The summed E-state index contributed by atoms with van der Waals surface area (Å²) >= 11 is 0. The zero-order chi connectivity index (χ0) is 24.8. The lowest BCUT2D eigenvalue weighted by Crippen LogP contribution is -2.61. The van der Waals surface area contributed by atoms with Crippen LogP contribution in [0.15, 0.2) is 97.1 Å². The maximum Gasteiger partial charge on any atom is 0.271 e. The number of anilines is 1. The van der Waals surface area contributed by atoms with E-state index in [0.29, 0.717) is 45.0 Å². The summed E-state index contributed by atoms with van der Waals surface area (Å²) in [4.78, 5) is 41.4. The molecule has 4 aromatic carbocycles. The number of carbonyl (C=O) groups is 3. The van der Waals surface area contributed by atoms with Crippen molar-refractivity contribution < 1.29 is 23.9 Å². The molecule has 1 fully saturated rings. The molecule has 0 spiro atoms. The average molecular weight is 476 g/mol. The van der Waals surface area contributed by atoms with Crippen LogP contribution in [0.2, 0.25) is 0 Å². The number of nitrogens with zero attached hydrogens (tertiary/aromatic N) is 1. The van der Waals surface area contributed by atoms with Crippen LogP contribution in [0.1, 0.15) is 43.4 Å². The highest BCUT2D eigenvalue weighted by molar-refractivity contribution is 6.28. The number of hydrogen-bond acceptors (Lipinski definition) is 5. The Morgan fingerprint density at radius 2 is 1.25 bits per heavy atom. The molecule has 0 bridgehead atoms. The highest BCUT2D eigenvalue weighted by atomic mass is 16.5. The van der Waals surface area contributed by atoms with E-state index in [4.69, 9.17) is 9.47 Å². The van der Waals surface area contributed by atoms with Crippen molar-refractivity contribution in [2.45, 2.75) is 12.1 Å². The number of benzene rings is 4. The first-order valence-corrected chi connectivity index (χ1v) is 11.6. The molecule has 4 aromatic rings. The summed E-state index contributed by atoms with van der Waals surface area (Å²) in [6.45, 7) is 0. The van der Waals surface area contributed by atoms with Crippen molar-refractivity contribution in [2.24, 2.45) is 0 Å². The Bertz CT molecular complexity index is 1510. The number of rotatable bonds is 5. The van der Waals surface area contributed by atoms with E-state index in [2.05, 4.69) is 0 Å². The number of carbonyl (C=O) groups excluding carboxylic acids is 3. The van der Waals surface area contributed by atoms with Gasteiger partial charge >= 0.3 is 0 Å². The summed E-state index contributed by atoms with van der Waals surface area (Å²) in [7, 11) is 1.58. The van der Waals surface area contributed by atoms with Gasteiger partial charge in [-0.15, -0.1) is 0 Å². The fourth-order valence-electron chi connectivity index (χ4n) is 4.88. The largest absolute Gasteiger partial charge is 0.497 e. The van der Waals surface area contributed by atoms with Crippen LogP contribution in [0.5, 0.6) is 11.5 Å². The molecule has 6 nitrogen and oxygen atoms in total. The number of ketones is 2. The van der Waals surface area contributed by atoms with Crippen LogP contribution in [0.25, 0.3) is 0 Å². The van der Waals surface area contributed by atoms with Crippen molar-refractivity contribution in [3.63, 3.8) is 0 Å². The molecule has 0 radical (unpaired) electrons. The third-order valence-corrected chi connectivity index (χ3v) is 6.69. The van der Waals surface area contributed by atoms with Gasteiger partial charge in [0.2, 0.25) is 6.10 Å². The lowest BCUT2D eigenvalue weighted by Gasteiger charge is -2.46. The van der Waals surface area contributed by atoms with Crippen molar-refractivity contribution in [1.82, 2.24) is 0 Å². The van der Waals surface area contributed by atoms with Gasteiger partial charge in [0.15, 0.2) is 11.6 Å². The van der Waals surface area contributed by atoms with Crippen molar-refractivity contribution in [3.8, 4) is 11.5 Å². The molecule has 0 unspecified atom stereocenters. The van der Waals surface area contributed by atoms with Crippen LogP contribution in [-0.4, -0.2) is 30.7 Å². The van der Waals surface area contributed by atoms with E-state index in [-0.39, 0.29) is 17.5 Å². The van der Waals surface area contributed by atoms with Crippen molar-refractivity contribution in [1.29, 1.82) is 0 Å². The SMILES string of the molecule is COc1ccc(N2C(=O)[C@@H](Oc3ccccc3)[C@H]2c2ccc3c(c2)C(=O)c2ccccc2C3=O)cc1. The fraction of sp³-hybridized carbons (Fsp3) is 0.100. The standard InChI is InChI=1S/C30H21NO5/c1-35-20-14-12-19(13-15-20)31-26(29(30(31)34)36-21-7-3-2-4-8-21)18-11-16-24-25(17-18)28(33)23-10-6-5-9-22(23)27(24)32/h2-17,26,29H,1H3/t26-,29+/m1/s1. The highest BCUT2D eigenvalue weighted by Crippen LogP contribution is 2.43. The second kappa shape index (κ2) is 8.50. The second-order valence-corrected chi connectivity index (χ2v) is 8.71. The molecule has 1 heterocycles. The topological polar surface area (TPSA) is 72.9 Å². The van der Waals surface area contributed by atoms with E-state index < -0.39 is 12.1 Å². The molecule has 0 saturated carbocycles. The van der Waals surface area contributed by atoms with E-state index in [9.17, 15) is 14.4 Å². The van der Waals surface area contributed by atoms with Crippen LogP contribution in [0.4, 0.5) is 5.69 Å². The van der Waals surface area contributed by atoms with Gasteiger partial charge in [-0.2, -0.15) is 0 Å². The number of ether oxygens (including phenoxy) is 2. The van der Waals surface area contributed by atoms with Crippen LogP contribution in [0, 0.1) is 0 Å². The summed E-state index contributed by atoms with van der Waals surface area (Å²) in [5, 5.41) is 0. The normalized spacial score (nSPS) is 18.2. The predicted octanol–water partition coefficient (Wildman–Crippen LogP) is 5.01. The number of para-hydroxylation sites is 1. The van der Waals surface area contributed by atoms with E-state index in [1.165, 1.54) is 0 Å². The van der Waals surface area contributed by atoms with Gasteiger partial charge in [0.1, 0.15) is 17.5 Å². The monoisotopic (exact) mass is 475 g/mol. The zero-order valence-corrected chi connectivity index (χ0v) is 19.4. The van der Waals surface area contributed by atoms with Crippen LogP contribution in [0.3, 0.4) is 0 Å². The van der Waals surface area contributed by atoms with E-state index in [1.54, 1.807) is 78.7 Å². The van der Waals surface area contributed by atoms with Gasteiger partial charge < -0.3 is 9.47 Å². The number of amides is 1. The summed E-state index contributed by atoms with van der Waals surface area (Å²) < 4.78 is 11.4. The third kappa shape index (κ3) is 3.38. The maximum atomic E-state index is 13.3. The molecule has 6 heteroatoms. The molecule has 2 atom stereocenters. The molecule has 176 valence electrons.